The van der Waals surface area contributed by atoms with E-state index < -0.39 is 0 Å². The van der Waals surface area contributed by atoms with Crippen molar-refractivity contribution in [3.8, 4) is 0 Å². The number of carbonyl (C=O) groups excluding carboxylic acids is 1. The van der Waals surface area contributed by atoms with Crippen LogP contribution in [0, 0.1) is 5.92 Å². The van der Waals surface area contributed by atoms with Crippen molar-refractivity contribution in [3.05, 3.63) is 29.8 Å². The number of amides is 1. The molecule has 2 rings (SSSR count). The second-order valence-corrected chi connectivity index (χ2v) is 7.58. The second kappa shape index (κ2) is 7.27. The van der Waals surface area contributed by atoms with Crippen molar-refractivity contribution in [2.75, 3.05) is 13.1 Å². The van der Waals surface area contributed by atoms with Crippen molar-refractivity contribution in [1.82, 2.24) is 4.90 Å². The molecule has 0 fully saturated rings. The molecule has 2 N–H and O–H groups in total. The van der Waals surface area contributed by atoms with Gasteiger partial charge in [0.05, 0.1) is 10.2 Å². The number of thioether (sulfide) groups is 1. The molecule has 1 aromatic rings. The summed E-state index contributed by atoms with van der Waals surface area (Å²) < 4.78 is 0. The van der Waals surface area contributed by atoms with Gasteiger partial charge in [-0.3, -0.25) is 4.79 Å². The smallest absolute Gasteiger partial charge is 0.236 e. The van der Waals surface area contributed by atoms with Crippen LogP contribution in [0.5, 0.6) is 0 Å². The first-order valence-corrected chi connectivity index (χ1v) is 8.58. The normalized spacial score (nSPS) is 16.8. The lowest BCUT2D eigenvalue weighted by Gasteiger charge is -2.27. The third kappa shape index (κ3) is 4.45. The molecule has 0 saturated heterocycles. The second-order valence-electron chi connectivity index (χ2n) is 5.81. The summed E-state index contributed by atoms with van der Waals surface area (Å²) >= 11 is 6.62. The van der Waals surface area contributed by atoms with Gasteiger partial charge < -0.3 is 10.6 Å². The number of carbonyl (C=O) groups is 1. The van der Waals surface area contributed by atoms with E-state index in [9.17, 15) is 4.79 Å². The molecule has 0 saturated carbocycles. The van der Waals surface area contributed by atoms with Crippen LogP contribution in [0.1, 0.15) is 25.8 Å². The Morgan fingerprint density at radius 3 is 2.81 bits per heavy atom. The fourth-order valence-corrected chi connectivity index (χ4v) is 3.87. The Hall–Kier alpha value is -1.07. The molecule has 1 heterocycles. The van der Waals surface area contributed by atoms with E-state index in [2.05, 4.69) is 26.0 Å². The predicted molar refractivity (Wildman–Crippen MR) is 92.6 cm³/mol. The van der Waals surface area contributed by atoms with E-state index in [-0.39, 0.29) is 11.2 Å². The number of nitrogens with two attached hydrogens (primary N) is 1. The average Bonchev–Trinajstić information content (AvgIpc) is 2.86. The summed E-state index contributed by atoms with van der Waals surface area (Å²) in [5, 5.41) is -0.00695. The van der Waals surface area contributed by atoms with Gasteiger partial charge in [0.1, 0.15) is 0 Å². The summed E-state index contributed by atoms with van der Waals surface area (Å²) in [4.78, 5) is 16.4. The fraction of sp³-hybridized carbons (Fsp3) is 0.500. The molecule has 1 aliphatic heterocycles. The molecular weight excluding hydrogens is 300 g/mol. The van der Waals surface area contributed by atoms with Gasteiger partial charge in [-0.05, 0) is 24.0 Å². The van der Waals surface area contributed by atoms with Crippen LogP contribution in [0.4, 0.5) is 0 Å². The first-order valence-electron chi connectivity index (χ1n) is 7.29. The lowest BCUT2D eigenvalue weighted by Crippen LogP contribution is -2.41. The van der Waals surface area contributed by atoms with E-state index in [1.165, 1.54) is 10.5 Å². The third-order valence-electron chi connectivity index (χ3n) is 3.45. The van der Waals surface area contributed by atoms with Crippen LogP contribution < -0.4 is 5.73 Å². The Bertz CT molecular complexity index is 506. The van der Waals surface area contributed by atoms with Crippen molar-refractivity contribution < 1.29 is 4.79 Å². The Labute approximate surface area is 136 Å². The molecule has 1 aromatic carbocycles. The molecule has 3 nitrogen and oxygen atoms in total. The Balaban J connectivity index is 2.03. The largest absolute Gasteiger partial charge is 0.393 e. The number of benzene rings is 1. The Kier molecular flexibility index (Phi) is 5.65. The van der Waals surface area contributed by atoms with Gasteiger partial charge in [-0.2, -0.15) is 0 Å². The minimum atomic E-state index is -0.00695. The van der Waals surface area contributed by atoms with Crippen molar-refractivity contribution in [3.63, 3.8) is 0 Å². The number of fused-ring (bicyclic) bond motifs is 1. The number of hydrogen-bond acceptors (Lipinski definition) is 3. The predicted octanol–water partition coefficient (Wildman–Crippen LogP) is 2.86. The molecule has 0 radical (unpaired) electrons. The van der Waals surface area contributed by atoms with Crippen molar-refractivity contribution in [2.24, 2.45) is 11.7 Å². The molecule has 114 valence electrons. The first kappa shape index (κ1) is 16.3. The maximum absolute atomic E-state index is 12.8. The van der Waals surface area contributed by atoms with Crippen LogP contribution in [0.3, 0.4) is 0 Å². The molecule has 1 atom stereocenters. The molecule has 0 bridgehead atoms. The molecule has 5 heteroatoms. The van der Waals surface area contributed by atoms with Gasteiger partial charge in [0.15, 0.2) is 0 Å². The van der Waals surface area contributed by atoms with Crippen molar-refractivity contribution >= 4 is 34.9 Å². The van der Waals surface area contributed by atoms with Crippen LogP contribution in [0.15, 0.2) is 29.2 Å². The number of thiocarbonyl (C=S) groups is 1. The van der Waals surface area contributed by atoms with Crippen LogP contribution in [0.25, 0.3) is 0 Å². The average molecular weight is 322 g/mol. The fourth-order valence-electron chi connectivity index (χ4n) is 2.50. The zero-order valence-electron chi connectivity index (χ0n) is 12.5. The highest BCUT2D eigenvalue weighted by Gasteiger charge is 2.31. The molecular formula is C16H22N2OS2. The zero-order valence-corrected chi connectivity index (χ0v) is 14.2. The maximum Gasteiger partial charge on any atom is 0.236 e. The number of rotatable bonds is 6. The summed E-state index contributed by atoms with van der Waals surface area (Å²) in [6.07, 6.45) is 1.42. The van der Waals surface area contributed by atoms with Crippen molar-refractivity contribution in [2.45, 2.75) is 36.8 Å². The highest BCUT2D eigenvalue weighted by molar-refractivity contribution is 8.01. The summed E-state index contributed by atoms with van der Waals surface area (Å²) in [6.45, 7) is 5.63. The van der Waals surface area contributed by atoms with Crippen LogP contribution in [-0.2, 0) is 11.2 Å². The van der Waals surface area contributed by atoms with E-state index in [0.717, 1.165) is 13.0 Å². The molecule has 1 unspecified atom stereocenters. The summed E-state index contributed by atoms with van der Waals surface area (Å²) in [5.74, 6) is 0.648. The summed E-state index contributed by atoms with van der Waals surface area (Å²) in [5.41, 5.74) is 6.86. The maximum atomic E-state index is 12.8. The van der Waals surface area contributed by atoms with Crippen molar-refractivity contribution in [1.29, 1.82) is 0 Å². The highest BCUT2D eigenvalue weighted by Crippen LogP contribution is 2.37. The summed E-state index contributed by atoms with van der Waals surface area (Å²) in [6, 6.07) is 8.26. The molecule has 1 amide bonds. The Morgan fingerprint density at radius 1 is 1.48 bits per heavy atom. The minimum Gasteiger partial charge on any atom is -0.393 e. The van der Waals surface area contributed by atoms with Gasteiger partial charge >= 0.3 is 0 Å². The third-order valence-corrected chi connectivity index (χ3v) is 4.96. The van der Waals surface area contributed by atoms with E-state index >= 15 is 0 Å². The standard InChI is InChI=1S/C16H22N2OS2/c1-11(2)10-18(8-7-15(17)20)16(19)14-9-12-5-3-4-6-13(12)21-14/h3-6,11,14H,7-10H2,1-2H3,(H2,17,20). The van der Waals surface area contributed by atoms with Gasteiger partial charge in [0, 0.05) is 24.4 Å². The van der Waals surface area contributed by atoms with Gasteiger partial charge in [-0.1, -0.05) is 44.3 Å². The van der Waals surface area contributed by atoms with E-state index in [1.54, 1.807) is 11.8 Å². The SMILES string of the molecule is CC(C)CN(CCC(N)=S)C(=O)C1Cc2ccccc2S1. The first-order chi connectivity index (χ1) is 9.97. The zero-order chi connectivity index (χ0) is 15.4. The number of hydrogen-bond donors (Lipinski definition) is 1. The molecule has 21 heavy (non-hydrogen) atoms. The van der Waals surface area contributed by atoms with Gasteiger partial charge in [0.25, 0.3) is 0 Å². The lowest BCUT2D eigenvalue weighted by atomic mass is 10.1. The summed E-state index contributed by atoms with van der Waals surface area (Å²) in [7, 11) is 0. The molecule has 0 aromatic heterocycles. The van der Waals surface area contributed by atoms with Gasteiger partial charge in [0.2, 0.25) is 5.91 Å². The lowest BCUT2D eigenvalue weighted by molar-refractivity contribution is -0.131. The molecule has 1 aliphatic rings. The monoisotopic (exact) mass is 322 g/mol. The van der Waals surface area contributed by atoms with E-state index in [4.69, 9.17) is 18.0 Å². The highest BCUT2D eigenvalue weighted by atomic mass is 32.2. The van der Waals surface area contributed by atoms with Gasteiger partial charge in [-0.15, -0.1) is 11.8 Å². The molecule has 0 aliphatic carbocycles. The van der Waals surface area contributed by atoms with Crippen LogP contribution in [-0.4, -0.2) is 34.1 Å². The van der Waals surface area contributed by atoms with E-state index in [1.807, 2.05) is 17.0 Å². The topological polar surface area (TPSA) is 46.3 Å². The van der Waals surface area contributed by atoms with E-state index in [0.29, 0.717) is 23.9 Å². The number of nitrogens with zero attached hydrogens (tertiary/aromatic N) is 1. The molecule has 0 spiro atoms. The van der Waals surface area contributed by atoms with Crippen LogP contribution >= 0.6 is 24.0 Å². The quantitative estimate of drug-likeness (QED) is 0.818. The van der Waals surface area contributed by atoms with Gasteiger partial charge in [-0.25, -0.2) is 0 Å². The van der Waals surface area contributed by atoms with Crippen LogP contribution in [0.2, 0.25) is 0 Å². The minimum absolute atomic E-state index is 0.00695. The Morgan fingerprint density at radius 2 is 2.19 bits per heavy atom.